The Morgan fingerprint density at radius 3 is 2.67 bits per heavy atom. The maximum atomic E-state index is 11.5. The summed E-state index contributed by atoms with van der Waals surface area (Å²) in [4.78, 5) is 11.5. The van der Waals surface area contributed by atoms with Gasteiger partial charge in [0.15, 0.2) is 0 Å². The first kappa shape index (κ1) is 16.5. The minimum atomic E-state index is 0.0864. The summed E-state index contributed by atoms with van der Waals surface area (Å²) >= 11 is 3.46. The van der Waals surface area contributed by atoms with Crippen molar-refractivity contribution in [2.75, 3.05) is 26.8 Å². The Labute approximate surface area is 134 Å². The molecule has 0 spiro atoms. The van der Waals surface area contributed by atoms with E-state index in [0.717, 1.165) is 23.9 Å². The second-order valence-corrected chi connectivity index (χ2v) is 6.38. The third kappa shape index (κ3) is 5.41. The Hall–Kier alpha value is -0.910. The van der Waals surface area contributed by atoms with Crippen LogP contribution in [0.1, 0.15) is 30.7 Å². The average molecular weight is 355 g/mol. The molecule has 0 radical (unpaired) electrons. The van der Waals surface area contributed by atoms with Crippen molar-refractivity contribution in [2.24, 2.45) is 0 Å². The van der Waals surface area contributed by atoms with Gasteiger partial charge in [-0.2, -0.15) is 0 Å². The van der Waals surface area contributed by atoms with Gasteiger partial charge in [0.1, 0.15) is 0 Å². The first-order valence-corrected chi connectivity index (χ1v) is 8.23. The summed E-state index contributed by atoms with van der Waals surface area (Å²) in [6.45, 7) is 1.90. The molecule has 0 aliphatic heterocycles. The molecule has 0 aromatic heterocycles. The fourth-order valence-electron chi connectivity index (χ4n) is 2.56. The molecule has 2 N–H and O–H groups in total. The lowest BCUT2D eigenvalue weighted by molar-refractivity contribution is -0.121. The first-order chi connectivity index (χ1) is 10.2. The number of methoxy groups -OCH3 is 1. The number of carbonyl (C=O) groups excluding carboxylic acids is 1. The second-order valence-electron chi connectivity index (χ2n) is 5.46. The highest BCUT2D eigenvalue weighted by Gasteiger charge is 2.29. The zero-order valence-corrected chi connectivity index (χ0v) is 14.0. The van der Waals surface area contributed by atoms with Gasteiger partial charge in [-0.15, -0.1) is 0 Å². The van der Waals surface area contributed by atoms with E-state index in [2.05, 4.69) is 50.8 Å². The van der Waals surface area contributed by atoms with E-state index in [1.807, 2.05) is 0 Å². The Kier molecular flexibility index (Phi) is 6.67. The van der Waals surface area contributed by atoms with Crippen molar-refractivity contribution in [1.82, 2.24) is 10.6 Å². The fourth-order valence-corrected chi connectivity index (χ4v) is 2.83. The van der Waals surface area contributed by atoms with Crippen LogP contribution in [-0.4, -0.2) is 38.8 Å². The zero-order valence-electron chi connectivity index (χ0n) is 12.4. The van der Waals surface area contributed by atoms with Gasteiger partial charge in [-0.3, -0.25) is 4.79 Å². The van der Waals surface area contributed by atoms with Crippen molar-refractivity contribution < 1.29 is 9.53 Å². The largest absolute Gasteiger partial charge is 0.383 e. The van der Waals surface area contributed by atoms with Gasteiger partial charge in [-0.1, -0.05) is 28.1 Å². The number of ether oxygens (including phenoxy) is 1. The van der Waals surface area contributed by atoms with Crippen molar-refractivity contribution >= 4 is 21.8 Å². The highest BCUT2D eigenvalue weighted by Crippen LogP contribution is 2.37. The van der Waals surface area contributed by atoms with Gasteiger partial charge in [0.2, 0.25) is 5.91 Å². The highest BCUT2D eigenvalue weighted by atomic mass is 79.9. The first-order valence-electron chi connectivity index (χ1n) is 7.43. The molecule has 5 heteroatoms. The molecule has 1 fully saturated rings. The predicted octanol–water partition coefficient (Wildman–Crippen LogP) is 2.44. The summed E-state index contributed by atoms with van der Waals surface area (Å²) in [5.74, 6) is 0.745. The molecule has 1 saturated carbocycles. The van der Waals surface area contributed by atoms with E-state index in [-0.39, 0.29) is 5.91 Å². The number of nitrogens with one attached hydrogen (secondary N) is 2. The molecule has 1 aromatic carbocycles. The van der Waals surface area contributed by atoms with E-state index in [1.54, 1.807) is 7.11 Å². The van der Waals surface area contributed by atoms with Crippen LogP contribution in [0.5, 0.6) is 0 Å². The third-order valence-corrected chi connectivity index (χ3v) is 4.42. The van der Waals surface area contributed by atoms with Crippen LogP contribution in [0.3, 0.4) is 0 Å². The minimum absolute atomic E-state index is 0.0864. The van der Waals surface area contributed by atoms with Gasteiger partial charge >= 0.3 is 0 Å². The van der Waals surface area contributed by atoms with Crippen LogP contribution >= 0.6 is 15.9 Å². The maximum Gasteiger partial charge on any atom is 0.221 e. The fraction of sp³-hybridized carbons (Fsp3) is 0.562. The van der Waals surface area contributed by atoms with Crippen molar-refractivity contribution in [3.05, 3.63) is 34.3 Å². The number of amides is 1. The van der Waals surface area contributed by atoms with Crippen LogP contribution in [0.25, 0.3) is 0 Å². The number of carbonyl (C=O) groups is 1. The normalized spacial score (nSPS) is 20.9. The minimum Gasteiger partial charge on any atom is -0.383 e. The zero-order chi connectivity index (χ0) is 15.1. The van der Waals surface area contributed by atoms with Crippen LogP contribution in [0.15, 0.2) is 28.7 Å². The molecule has 0 unspecified atom stereocenters. The molecule has 0 bridgehead atoms. The lowest BCUT2D eigenvalue weighted by atomic mass is 9.76. The molecule has 116 valence electrons. The van der Waals surface area contributed by atoms with Gasteiger partial charge in [0.25, 0.3) is 0 Å². The van der Waals surface area contributed by atoms with Crippen molar-refractivity contribution in [3.63, 3.8) is 0 Å². The van der Waals surface area contributed by atoms with Crippen molar-refractivity contribution in [1.29, 1.82) is 0 Å². The van der Waals surface area contributed by atoms with E-state index in [4.69, 9.17) is 4.74 Å². The number of rotatable bonds is 8. The average Bonchev–Trinajstić information content (AvgIpc) is 2.43. The molecular weight excluding hydrogens is 332 g/mol. The highest BCUT2D eigenvalue weighted by molar-refractivity contribution is 9.10. The molecule has 2 rings (SSSR count). The monoisotopic (exact) mass is 354 g/mol. The molecule has 1 aromatic rings. The van der Waals surface area contributed by atoms with Gasteiger partial charge in [-0.05, 0) is 36.5 Å². The standard InChI is InChI=1S/C16H23BrN2O2/c1-21-9-8-19-16(20)6-7-18-15-10-13(11-15)12-2-4-14(17)5-3-12/h2-5,13,15,18H,6-11H2,1H3,(H,19,20). The summed E-state index contributed by atoms with van der Waals surface area (Å²) in [6, 6.07) is 9.12. The number of benzene rings is 1. The number of hydrogen-bond donors (Lipinski definition) is 2. The maximum absolute atomic E-state index is 11.5. The van der Waals surface area contributed by atoms with E-state index in [0.29, 0.717) is 31.5 Å². The molecule has 0 heterocycles. The SMILES string of the molecule is COCCNC(=O)CCNC1CC(c2ccc(Br)cc2)C1. The summed E-state index contributed by atoms with van der Waals surface area (Å²) in [5, 5.41) is 6.28. The number of hydrogen-bond acceptors (Lipinski definition) is 3. The molecule has 1 aliphatic rings. The lowest BCUT2D eigenvalue weighted by Crippen LogP contribution is -2.41. The Morgan fingerprint density at radius 2 is 2.00 bits per heavy atom. The van der Waals surface area contributed by atoms with Crippen LogP contribution in [0.2, 0.25) is 0 Å². The second kappa shape index (κ2) is 8.51. The molecule has 1 amide bonds. The smallest absolute Gasteiger partial charge is 0.221 e. The lowest BCUT2D eigenvalue weighted by Gasteiger charge is -2.36. The van der Waals surface area contributed by atoms with Crippen LogP contribution in [0, 0.1) is 0 Å². The van der Waals surface area contributed by atoms with E-state index < -0.39 is 0 Å². The Balaban J connectivity index is 1.56. The van der Waals surface area contributed by atoms with E-state index >= 15 is 0 Å². The summed E-state index contributed by atoms with van der Waals surface area (Å²) in [7, 11) is 1.63. The third-order valence-electron chi connectivity index (χ3n) is 3.89. The molecular formula is C16H23BrN2O2. The van der Waals surface area contributed by atoms with Gasteiger partial charge in [0, 0.05) is 37.1 Å². The van der Waals surface area contributed by atoms with Crippen LogP contribution in [-0.2, 0) is 9.53 Å². The molecule has 21 heavy (non-hydrogen) atoms. The number of halogens is 1. The van der Waals surface area contributed by atoms with Gasteiger partial charge in [-0.25, -0.2) is 0 Å². The quantitative estimate of drug-likeness (QED) is 0.705. The Morgan fingerprint density at radius 1 is 1.29 bits per heavy atom. The molecule has 0 saturated heterocycles. The summed E-state index contributed by atoms with van der Waals surface area (Å²) in [5.41, 5.74) is 1.41. The van der Waals surface area contributed by atoms with Crippen molar-refractivity contribution in [2.45, 2.75) is 31.2 Å². The molecule has 1 aliphatic carbocycles. The summed E-state index contributed by atoms with van der Waals surface area (Å²) < 4.78 is 6.01. The van der Waals surface area contributed by atoms with Gasteiger partial charge < -0.3 is 15.4 Å². The molecule has 4 nitrogen and oxygen atoms in total. The van der Waals surface area contributed by atoms with E-state index in [1.165, 1.54) is 5.56 Å². The Bertz CT molecular complexity index is 444. The van der Waals surface area contributed by atoms with Crippen LogP contribution < -0.4 is 10.6 Å². The van der Waals surface area contributed by atoms with Crippen molar-refractivity contribution in [3.8, 4) is 0 Å². The predicted molar refractivity (Wildman–Crippen MR) is 87.4 cm³/mol. The summed E-state index contributed by atoms with van der Waals surface area (Å²) in [6.07, 6.45) is 2.85. The van der Waals surface area contributed by atoms with E-state index in [9.17, 15) is 4.79 Å². The molecule has 0 atom stereocenters. The van der Waals surface area contributed by atoms with Gasteiger partial charge in [0.05, 0.1) is 6.61 Å². The topological polar surface area (TPSA) is 50.4 Å². The van der Waals surface area contributed by atoms with Crippen LogP contribution in [0.4, 0.5) is 0 Å².